The summed E-state index contributed by atoms with van der Waals surface area (Å²) in [5, 5.41) is 13.6. The standard InChI is InChI=1S/C21H22N6O/c1-16-10-11-27(25-16)20-8-6-17(7-9-20)21(28)23-12-18-4-2-3-5-19(18)13-26-15-22-14-24-26/h2-9,14-15H,10-13H2,1H3,(H,23,28). The molecule has 0 spiro atoms. The molecule has 0 atom stereocenters. The fourth-order valence-corrected chi connectivity index (χ4v) is 3.20. The maximum atomic E-state index is 12.6. The van der Waals surface area contributed by atoms with Crippen molar-refractivity contribution in [2.24, 2.45) is 5.10 Å². The van der Waals surface area contributed by atoms with Crippen LogP contribution in [0.5, 0.6) is 0 Å². The highest BCUT2D eigenvalue weighted by molar-refractivity contribution is 5.94. The van der Waals surface area contributed by atoms with Gasteiger partial charge in [0.1, 0.15) is 12.7 Å². The molecule has 1 aliphatic rings. The van der Waals surface area contributed by atoms with E-state index in [-0.39, 0.29) is 5.91 Å². The number of aromatic nitrogens is 3. The number of hydrogen-bond acceptors (Lipinski definition) is 5. The van der Waals surface area contributed by atoms with Crippen LogP contribution in [-0.4, -0.2) is 32.9 Å². The van der Waals surface area contributed by atoms with Crippen molar-refractivity contribution < 1.29 is 4.79 Å². The Labute approximate surface area is 163 Å². The summed E-state index contributed by atoms with van der Waals surface area (Å²) < 4.78 is 1.77. The molecule has 0 fully saturated rings. The Kier molecular flexibility index (Phi) is 5.14. The van der Waals surface area contributed by atoms with Gasteiger partial charge in [0.25, 0.3) is 5.91 Å². The average molecular weight is 374 g/mol. The first kappa shape index (κ1) is 17.9. The minimum Gasteiger partial charge on any atom is -0.348 e. The van der Waals surface area contributed by atoms with Gasteiger partial charge < -0.3 is 5.32 Å². The van der Waals surface area contributed by atoms with Crippen molar-refractivity contribution in [3.8, 4) is 0 Å². The van der Waals surface area contributed by atoms with Gasteiger partial charge in [-0.3, -0.25) is 9.80 Å². The van der Waals surface area contributed by atoms with Gasteiger partial charge in [0.2, 0.25) is 0 Å². The third-order valence-corrected chi connectivity index (χ3v) is 4.76. The number of amides is 1. The van der Waals surface area contributed by atoms with Crippen molar-refractivity contribution in [3.05, 3.63) is 77.9 Å². The number of nitrogens with zero attached hydrogens (tertiary/aromatic N) is 5. The fourth-order valence-electron chi connectivity index (χ4n) is 3.20. The zero-order valence-electron chi connectivity index (χ0n) is 15.7. The van der Waals surface area contributed by atoms with Crippen LogP contribution >= 0.6 is 0 Å². The SMILES string of the molecule is CC1=NN(c2ccc(C(=O)NCc3ccccc3Cn3cncn3)cc2)CC1. The summed E-state index contributed by atoms with van der Waals surface area (Å²) in [6, 6.07) is 15.6. The van der Waals surface area contributed by atoms with E-state index in [1.165, 1.54) is 6.33 Å². The summed E-state index contributed by atoms with van der Waals surface area (Å²) in [5.74, 6) is -0.0942. The number of anilines is 1. The van der Waals surface area contributed by atoms with Gasteiger partial charge in [0.05, 0.1) is 12.2 Å². The lowest BCUT2D eigenvalue weighted by Gasteiger charge is -2.14. The monoisotopic (exact) mass is 374 g/mol. The molecule has 1 aliphatic heterocycles. The predicted octanol–water partition coefficient (Wildman–Crippen LogP) is 2.84. The van der Waals surface area contributed by atoms with Gasteiger partial charge in [-0.1, -0.05) is 24.3 Å². The Hall–Kier alpha value is -3.48. The van der Waals surface area contributed by atoms with Gasteiger partial charge in [-0.05, 0) is 42.3 Å². The van der Waals surface area contributed by atoms with E-state index >= 15 is 0 Å². The lowest BCUT2D eigenvalue weighted by molar-refractivity contribution is 0.0951. The molecule has 142 valence electrons. The highest BCUT2D eigenvalue weighted by atomic mass is 16.1. The Balaban J connectivity index is 1.39. The zero-order chi connectivity index (χ0) is 19.3. The Morgan fingerprint density at radius 2 is 1.89 bits per heavy atom. The number of hydrazone groups is 1. The van der Waals surface area contributed by atoms with Crippen LogP contribution in [-0.2, 0) is 13.1 Å². The molecule has 7 nitrogen and oxygen atoms in total. The van der Waals surface area contributed by atoms with Gasteiger partial charge in [-0.25, -0.2) is 9.67 Å². The average Bonchev–Trinajstić information content (AvgIpc) is 3.39. The Bertz CT molecular complexity index is 978. The van der Waals surface area contributed by atoms with Gasteiger partial charge in [0, 0.05) is 30.8 Å². The molecule has 2 aromatic carbocycles. The highest BCUT2D eigenvalue weighted by Gasteiger charge is 2.14. The second kappa shape index (κ2) is 8.04. The lowest BCUT2D eigenvalue weighted by Crippen LogP contribution is -2.23. The van der Waals surface area contributed by atoms with E-state index < -0.39 is 0 Å². The van der Waals surface area contributed by atoms with E-state index in [4.69, 9.17) is 0 Å². The maximum absolute atomic E-state index is 12.6. The smallest absolute Gasteiger partial charge is 0.251 e. The summed E-state index contributed by atoms with van der Waals surface area (Å²) >= 11 is 0. The molecular formula is C21H22N6O. The van der Waals surface area contributed by atoms with E-state index in [1.54, 1.807) is 11.0 Å². The van der Waals surface area contributed by atoms with Crippen LogP contribution in [0.2, 0.25) is 0 Å². The van der Waals surface area contributed by atoms with Gasteiger partial charge in [0.15, 0.2) is 0 Å². The normalized spacial score (nSPS) is 13.5. The van der Waals surface area contributed by atoms with Crippen LogP contribution in [0.25, 0.3) is 0 Å². The number of carbonyl (C=O) groups is 1. The minimum absolute atomic E-state index is 0.0942. The van der Waals surface area contributed by atoms with Gasteiger partial charge in [-0.2, -0.15) is 10.2 Å². The zero-order valence-corrected chi connectivity index (χ0v) is 15.7. The molecule has 1 aromatic heterocycles. The van der Waals surface area contributed by atoms with Crippen LogP contribution in [0.3, 0.4) is 0 Å². The summed E-state index contributed by atoms with van der Waals surface area (Å²) in [5.41, 5.74) is 4.94. The van der Waals surface area contributed by atoms with E-state index in [9.17, 15) is 4.79 Å². The molecule has 0 saturated carbocycles. The van der Waals surface area contributed by atoms with Crippen molar-refractivity contribution in [1.82, 2.24) is 20.1 Å². The molecule has 1 amide bonds. The van der Waals surface area contributed by atoms with E-state index in [0.29, 0.717) is 18.7 Å². The molecule has 0 unspecified atom stereocenters. The maximum Gasteiger partial charge on any atom is 0.251 e. The molecule has 0 bridgehead atoms. The second-order valence-corrected chi connectivity index (χ2v) is 6.80. The quantitative estimate of drug-likeness (QED) is 0.720. The third-order valence-electron chi connectivity index (χ3n) is 4.76. The van der Waals surface area contributed by atoms with Crippen molar-refractivity contribution in [1.29, 1.82) is 0 Å². The van der Waals surface area contributed by atoms with Crippen LogP contribution in [0.4, 0.5) is 5.69 Å². The minimum atomic E-state index is -0.0942. The van der Waals surface area contributed by atoms with Crippen LogP contribution in [0.1, 0.15) is 34.8 Å². The van der Waals surface area contributed by atoms with Crippen LogP contribution < -0.4 is 10.3 Å². The van der Waals surface area contributed by atoms with Crippen molar-refractivity contribution in [2.45, 2.75) is 26.4 Å². The van der Waals surface area contributed by atoms with Crippen molar-refractivity contribution in [3.63, 3.8) is 0 Å². The van der Waals surface area contributed by atoms with E-state index in [2.05, 4.69) is 20.5 Å². The van der Waals surface area contributed by atoms with E-state index in [0.717, 1.165) is 35.5 Å². The number of hydrogen-bond donors (Lipinski definition) is 1. The Morgan fingerprint density at radius 1 is 1.11 bits per heavy atom. The summed E-state index contributed by atoms with van der Waals surface area (Å²) in [4.78, 5) is 16.5. The molecule has 0 saturated heterocycles. The summed E-state index contributed by atoms with van der Waals surface area (Å²) in [6.45, 7) is 4.00. The molecule has 0 aliphatic carbocycles. The number of benzene rings is 2. The molecule has 3 aromatic rings. The first-order valence-electron chi connectivity index (χ1n) is 9.28. The number of carbonyl (C=O) groups excluding carboxylic acids is 1. The number of rotatable bonds is 6. The van der Waals surface area contributed by atoms with Crippen LogP contribution in [0.15, 0.2) is 66.3 Å². The Morgan fingerprint density at radius 3 is 2.57 bits per heavy atom. The van der Waals surface area contributed by atoms with Gasteiger partial charge >= 0.3 is 0 Å². The molecule has 7 heteroatoms. The molecule has 0 radical (unpaired) electrons. The van der Waals surface area contributed by atoms with Crippen molar-refractivity contribution >= 4 is 17.3 Å². The fraction of sp³-hybridized carbons (Fsp3) is 0.238. The largest absolute Gasteiger partial charge is 0.348 e. The molecule has 2 heterocycles. The lowest BCUT2D eigenvalue weighted by atomic mass is 10.1. The summed E-state index contributed by atoms with van der Waals surface area (Å²) in [7, 11) is 0. The first-order chi connectivity index (χ1) is 13.7. The predicted molar refractivity (Wildman–Crippen MR) is 108 cm³/mol. The van der Waals surface area contributed by atoms with Crippen molar-refractivity contribution in [2.75, 3.05) is 11.6 Å². The van der Waals surface area contributed by atoms with Crippen LogP contribution in [0, 0.1) is 0 Å². The molecule has 4 rings (SSSR count). The number of nitrogens with one attached hydrogen (secondary N) is 1. The van der Waals surface area contributed by atoms with E-state index in [1.807, 2.05) is 60.5 Å². The molecule has 1 N–H and O–H groups in total. The first-order valence-corrected chi connectivity index (χ1v) is 9.28. The van der Waals surface area contributed by atoms with Gasteiger partial charge in [-0.15, -0.1) is 0 Å². The summed E-state index contributed by atoms with van der Waals surface area (Å²) in [6.07, 6.45) is 4.18. The topological polar surface area (TPSA) is 75.4 Å². The molecular weight excluding hydrogens is 352 g/mol. The second-order valence-electron chi connectivity index (χ2n) is 6.80. The molecule has 28 heavy (non-hydrogen) atoms. The third kappa shape index (κ3) is 4.09. The highest BCUT2D eigenvalue weighted by Crippen LogP contribution is 2.20.